The number of hydrogen-bond donors (Lipinski definition) is 1. The normalized spacial score (nSPS) is 10.5. The third-order valence-electron chi connectivity index (χ3n) is 2.49. The van der Waals surface area contributed by atoms with Crippen LogP contribution in [0.3, 0.4) is 0 Å². The summed E-state index contributed by atoms with van der Waals surface area (Å²) in [6.07, 6.45) is 0. The highest BCUT2D eigenvalue weighted by atomic mass is 32.2. The van der Waals surface area contributed by atoms with Crippen LogP contribution in [0.15, 0.2) is 28.6 Å². The van der Waals surface area contributed by atoms with Crippen molar-refractivity contribution in [3.63, 3.8) is 0 Å². The molecule has 1 aromatic heterocycles. The zero-order valence-corrected chi connectivity index (χ0v) is 13.1. The van der Waals surface area contributed by atoms with Crippen LogP contribution in [0.5, 0.6) is 0 Å². The lowest BCUT2D eigenvalue weighted by atomic mass is 10.2. The molecule has 0 saturated carbocycles. The quantitative estimate of drug-likeness (QED) is 0.823. The molecule has 20 heavy (non-hydrogen) atoms. The maximum absolute atomic E-state index is 8.87. The van der Waals surface area contributed by atoms with Gasteiger partial charge >= 0.3 is 0 Å². The van der Waals surface area contributed by atoms with Crippen molar-refractivity contribution in [1.29, 1.82) is 5.26 Å². The Labute approximate surface area is 127 Å². The lowest BCUT2D eigenvalue weighted by molar-refractivity contribution is 0.687. The molecule has 4 nitrogen and oxygen atoms in total. The van der Waals surface area contributed by atoms with Crippen molar-refractivity contribution in [2.45, 2.75) is 23.9 Å². The van der Waals surface area contributed by atoms with Gasteiger partial charge in [-0.15, -0.1) is 10.2 Å². The van der Waals surface area contributed by atoms with Gasteiger partial charge in [0.25, 0.3) is 0 Å². The molecule has 0 aliphatic rings. The average Bonchev–Trinajstić information content (AvgIpc) is 2.91. The molecule has 0 aliphatic heterocycles. The van der Waals surface area contributed by atoms with E-state index in [-0.39, 0.29) is 0 Å². The molecular weight excluding hydrogens is 288 g/mol. The summed E-state index contributed by atoms with van der Waals surface area (Å²) >= 11 is 3.21. The number of hydrogen-bond acceptors (Lipinski definition) is 6. The summed E-state index contributed by atoms with van der Waals surface area (Å²) in [6.45, 7) is 5.22. The van der Waals surface area contributed by atoms with E-state index in [9.17, 15) is 0 Å². The minimum Gasteiger partial charge on any atom is -0.360 e. The Morgan fingerprint density at radius 2 is 2.25 bits per heavy atom. The van der Waals surface area contributed by atoms with Gasteiger partial charge in [-0.1, -0.05) is 49.1 Å². The van der Waals surface area contributed by atoms with Gasteiger partial charge in [0.15, 0.2) is 4.34 Å². The summed E-state index contributed by atoms with van der Waals surface area (Å²) in [5.41, 5.74) is 1.82. The molecule has 1 heterocycles. The first-order valence-corrected chi connectivity index (χ1v) is 8.17. The summed E-state index contributed by atoms with van der Waals surface area (Å²) in [6, 6.07) is 9.80. The Balaban J connectivity index is 1.89. The number of benzene rings is 1. The van der Waals surface area contributed by atoms with Crippen LogP contribution >= 0.6 is 23.1 Å². The summed E-state index contributed by atoms with van der Waals surface area (Å²) in [7, 11) is 0. The Kier molecular flexibility index (Phi) is 5.39. The number of nitrogens with one attached hydrogen (secondary N) is 1. The molecule has 0 fully saturated rings. The average molecular weight is 304 g/mol. The van der Waals surface area contributed by atoms with E-state index in [0.717, 1.165) is 27.3 Å². The van der Waals surface area contributed by atoms with Gasteiger partial charge in [-0.05, 0) is 23.6 Å². The second-order valence-electron chi connectivity index (χ2n) is 4.75. The van der Waals surface area contributed by atoms with E-state index >= 15 is 0 Å². The maximum Gasteiger partial charge on any atom is 0.206 e. The zero-order valence-electron chi connectivity index (χ0n) is 11.5. The van der Waals surface area contributed by atoms with Gasteiger partial charge in [0.1, 0.15) is 0 Å². The number of aromatic nitrogens is 2. The highest BCUT2D eigenvalue weighted by molar-refractivity contribution is 8.00. The third-order valence-corrected chi connectivity index (χ3v) is 4.57. The predicted octanol–water partition coefficient (Wildman–Crippen LogP) is 3.77. The Bertz CT molecular complexity index is 601. The second kappa shape index (κ2) is 7.27. The minimum absolute atomic E-state index is 0.587. The second-order valence-corrected chi connectivity index (χ2v) is 6.95. The van der Waals surface area contributed by atoms with E-state index in [1.54, 1.807) is 23.1 Å². The molecule has 0 saturated heterocycles. The van der Waals surface area contributed by atoms with Crippen LogP contribution in [-0.2, 0) is 5.75 Å². The largest absolute Gasteiger partial charge is 0.360 e. The standard InChI is InChI=1S/C14H16N4S2/c1-10(2)8-16-13-17-18-14(20-13)19-9-12-5-3-4-11(6-12)7-15/h3-6,10H,8-9H2,1-2H3,(H,16,17). The Morgan fingerprint density at radius 3 is 3.00 bits per heavy atom. The molecule has 0 radical (unpaired) electrons. The molecule has 0 aliphatic carbocycles. The van der Waals surface area contributed by atoms with Crippen LogP contribution in [0.2, 0.25) is 0 Å². The van der Waals surface area contributed by atoms with Gasteiger partial charge in [0, 0.05) is 12.3 Å². The van der Waals surface area contributed by atoms with E-state index < -0.39 is 0 Å². The van der Waals surface area contributed by atoms with E-state index in [1.807, 2.05) is 24.3 Å². The van der Waals surface area contributed by atoms with Crippen LogP contribution in [0.1, 0.15) is 25.0 Å². The van der Waals surface area contributed by atoms with Crippen molar-refractivity contribution in [3.05, 3.63) is 35.4 Å². The number of anilines is 1. The van der Waals surface area contributed by atoms with Gasteiger partial charge in [-0.25, -0.2) is 0 Å². The zero-order chi connectivity index (χ0) is 14.4. The SMILES string of the molecule is CC(C)CNc1nnc(SCc2cccc(C#N)c2)s1. The topological polar surface area (TPSA) is 61.6 Å². The van der Waals surface area contributed by atoms with Crippen LogP contribution < -0.4 is 5.32 Å². The fraction of sp³-hybridized carbons (Fsp3) is 0.357. The van der Waals surface area contributed by atoms with Crippen molar-refractivity contribution in [2.75, 3.05) is 11.9 Å². The molecule has 0 bridgehead atoms. The first kappa shape index (κ1) is 14.8. The summed E-state index contributed by atoms with van der Waals surface area (Å²) in [5, 5.41) is 21.3. The van der Waals surface area contributed by atoms with Crippen molar-refractivity contribution in [1.82, 2.24) is 10.2 Å². The lowest BCUT2D eigenvalue weighted by Gasteiger charge is -2.03. The van der Waals surface area contributed by atoms with Crippen LogP contribution in [0.25, 0.3) is 0 Å². The number of nitriles is 1. The van der Waals surface area contributed by atoms with Gasteiger partial charge in [0.05, 0.1) is 11.6 Å². The molecule has 6 heteroatoms. The highest BCUT2D eigenvalue weighted by Gasteiger charge is 2.05. The fourth-order valence-corrected chi connectivity index (χ4v) is 3.21. The molecule has 2 rings (SSSR count). The van der Waals surface area contributed by atoms with E-state index in [1.165, 1.54) is 0 Å². The minimum atomic E-state index is 0.587. The predicted molar refractivity (Wildman–Crippen MR) is 84.0 cm³/mol. The molecule has 0 unspecified atom stereocenters. The van der Waals surface area contributed by atoms with Crippen molar-refractivity contribution in [2.24, 2.45) is 5.92 Å². The maximum atomic E-state index is 8.87. The van der Waals surface area contributed by atoms with Crippen LogP contribution in [0.4, 0.5) is 5.13 Å². The summed E-state index contributed by atoms with van der Waals surface area (Å²) < 4.78 is 0.943. The van der Waals surface area contributed by atoms with Crippen molar-refractivity contribution in [3.8, 4) is 6.07 Å². The first-order valence-electron chi connectivity index (χ1n) is 6.36. The van der Waals surface area contributed by atoms with E-state index in [0.29, 0.717) is 11.5 Å². The molecule has 0 amide bonds. The first-order chi connectivity index (χ1) is 9.67. The molecule has 2 aromatic rings. The van der Waals surface area contributed by atoms with Crippen molar-refractivity contribution < 1.29 is 0 Å². The van der Waals surface area contributed by atoms with E-state index in [4.69, 9.17) is 5.26 Å². The smallest absolute Gasteiger partial charge is 0.206 e. The molecule has 1 aromatic carbocycles. The Hall–Kier alpha value is -1.58. The number of rotatable bonds is 6. The van der Waals surface area contributed by atoms with Gasteiger partial charge in [0.2, 0.25) is 5.13 Å². The van der Waals surface area contributed by atoms with E-state index in [2.05, 4.69) is 35.4 Å². The summed E-state index contributed by atoms with van der Waals surface area (Å²) in [5.74, 6) is 1.39. The number of thioether (sulfide) groups is 1. The molecule has 104 valence electrons. The van der Waals surface area contributed by atoms with Gasteiger partial charge in [-0.3, -0.25) is 0 Å². The Morgan fingerprint density at radius 1 is 1.40 bits per heavy atom. The monoisotopic (exact) mass is 304 g/mol. The molecule has 1 N–H and O–H groups in total. The van der Waals surface area contributed by atoms with Crippen LogP contribution in [-0.4, -0.2) is 16.7 Å². The molecule has 0 spiro atoms. The summed E-state index contributed by atoms with van der Waals surface area (Å²) in [4.78, 5) is 0. The molecular formula is C14H16N4S2. The number of nitrogens with zero attached hydrogens (tertiary/aromatic N) is 3. The molecule has 0 atom stereocenters. The van der Waals surface area contributed by atoms with Gasteiger partial charge < -0.3 is 5.32 Å². The lowest BCUT2D eigenvalue weighted by Crippen LogP contribution is -2.07. The van der Waals surface area contributed by atoms with Gasteiger partial charge in [-0.2, -0.15) is 5.26 Å². The van der Waals surface area contributed by atoms with Crippen molar-refractivity contribution >= 4 is 28.2 Å². The fourth-order valence-electron chi connectivity index (χ4n) is 1.51. The third kappa shape index (κ3) is 4.51. The van der Waals surface area contributed by atoms with Crippen LogP contribution in [0, 0.1) is 17.2 Å². The highest BCUT2D eigenvalue weighted by Crippen LogP contribution is 2.28.